The summed E-state index contributed by atoms with van der Waals surface area (Å²) in [5.74, 6) is 0.639. The third kappa shape index (κ3) is 4.27. The standard InChI is InChI=1S/C23H26N2O4/c1-28-19-11-9-16(10-12-19)20-7-3-13-25(20)23(27)17-5-2-6-18(15-17)24-22(26)21-8-4-14-29-21/h2,5-6,9-12,15,20-21H,3-4,7-8,13-14H2,1H3,(H,24,26)/t20-,21-/m0/s1. The molecule has 1 N–H and O–H groups in total. The zero-order valence-electron chi connectivity index (χ0n) is 16.6. The monoisotopic (exact) mass is 394 g/mol. The molecule has 2 saturated heterocycles. The van der Waals surface area contributed by atoms with E-state index in [0.717, 1.165) is 43.5 Å². The van der Waals surface area contributed by atoms with Gasteiger partial charge in [-0.2, -0.15) is 0 Å². The first-order valence-corrected chi connectivity index (χ1v) is 10.1. The van der Waals surface area contributed by atoms with Crippen LogP contribution in [0.15, 0.2) is 48.5 Å². The van der Waals surface area contributed by atoms with Gasteiger partial charge < -0.3 is 19.7 Å². The van der Waals surface area contributed by atoms with Gasteiger partial charge in [0.2, 0.25) is 0 Å². The quantitative estimate of drug-likeness (QED) is 0.838. The molecule has 2 aromatic carbocycles. The van der Waals surface area contributed by atoms with Crippen molar-refractivity contribution in [3.05, 3.63) is 59.7 Å². The maximum Gasteiger partial charge on any atom is 0.254 e. The molecule has 0 aromatic heterocycles. The molecule has 2 amide bonds. The van der Waals surface area contributed by atoms with Gasteiger partial charge in [-0.1, -0.05) is 18.2 Å². The predicted octanol–water partition coefficient (Wildman–Crippen LogP) is 3.79. The Labute approximate surface area is 170 Å². The van der Waals surface area contributed by atoms with Gasteiger partial charge in [0.05, 0.1) is 13.2 Å². The molecule has 4 rings (SSSR count). The fourth-order valence-corrected chi connectivity index (χ4v) is 4.09. The number of carbonyl (C=O) groups is 2. The number of hydrogen-bond acceptors (Lipinski definition) is 4. The van der Waals surface area contributed by atoms with E-state index in [9.17, 15) is 9.59 Å². The minimum Gasteiger partial charge on any atom is -0.497 e. The largest absolute Gasteiger partial charge is 0.497 e. The van der Waals surface area contributed by atoms with E-state index >= 15 is 0 Å². The van der Waals surface area contributed by atoms with Crippen molar-refractivity contribution >= 4 is 17.5 Å². The molecule has 2 heterocycles. The van der Waals surface area contributed by atoms with E-state index in [4.69, 9.17) is 9.47 Å². The molecule has 0 spiro atoms. The Morgan fingerprint density at radius 3 is 2.66 bits per heavy atom. The molecular weight excluding hydrogens is 368 g/mol. The highest BCUT2D eigenvalue weighted by Gasteiger charge is 2.31. The van der Waals surface area contributed by atoms with E-state index < -0.39 is 6.10 Å². The van der Waals surface area contributed by atoms with E-state index in [2.05, 4.69) is 5.32 Å². The van der Waals surface area contributed by atoms with Crippen LogP contribution in [0.5, 0.6) is 5.75 Å². The average molecular weight is 394 g/mol. The number of rotatable bonds is 5. The lowest BCUT2D eigenvalue weighted by molar-refractivity contribution is -0.124. The predicted molar refractivity (Wildman–Crippen MR) is 110 cm³/mol. The molecule has 0 unspecified atom stereocenters. The number of benzene rings is 2. The summed E-state index contributed by atoms with van der Waals surface area (Å²) in [6.45, 7) is 1.35. The lowest BCUT2D eigenvalue weighted by Crippen LogP contribution is -2.31. The summed E-state index contributed by atoms with van der Waals surface area (Å²) >= 11 is 0. The van der Waals surface area contributed by atoms with Crippen LogP contribution in [0.2, 0.25) is 0 Å². The SMILES string of the molecule is COc1ccc([C@@H]2CCCN2C(=O)c2cccc(NC(=O)[C@@H]3CCCO3)c2)cc1. The molecule has 0 aliphatic carbocycles. The topological polar surface area (TPSA) is 67.9 Å². The Kier molecular flexibility index (Phi) is 5.81. The number of hydrogen-bond donors (Lipinski definition) is 1. The number of nitrogens with one attached hydrogen (secondary N) is 1. The zero-order chi connectivity index (χ0) is 20.2. The third-order valence-electron chi connectivity index (χ3n) is 5.61. The number of carbonyl (C=O) groups excluding carboxylic acids is 2. The van der Waals surface area contributed by atoms with Crippen LogP contribution in [0, 0.1) is 0 Å². The molecule has 6 nitrogen and oxygen atoms in total. The molecule has 29 heavy (non-hydrogen) atoms. The summed E-state index contributed by atoms with van der Waals surface area (Å²) in [6, 6.07) is 15.1. The van der Waals surface area contributed by atoms with Gasteiger partial charge in [-0.05, 0) is 61.6 Å². The van der Waals surface area contributed by atoms with Crippen molar-refractivity contribution in [1.82, 2.24) is 4.90 Å². The molecule has 2 atom stereocenters. The van der Waals surface area contributed by atoms with Crippen molar-refractivity contribution in [2.24, 2.45) is 0 Å². The summed E-state index contributed by atoms with van der Waals surface area (Å²) in [4.78, 5) is 27.4. The van der Waals surface area contributed by atoms with Crippen LogP contribution in [0.1, 0.15) is 47.6 Å². The van der Waals surface area contributed by atoms with E-state index in [-0.39, 0.29) is 17.9 Å². The number of anilines is 1. The van der Waals surface area contributed by atoms with Gasteiger partial charge >= 0.3 is 0 Å². The molecule has 0 bridgehead atoms. The number of ether oxygens (including phenoxy) is 2. The maximum absolute atomic E-state index is 13.2. The van der Waals surface area contributed by atoms with Crippen LogP contribution in [-0.2, 0) is 9.53 Å². The molecule has 2 aromatic rings. The Balaban J connectivity index is 1.48. The lowest BCUT2D eigenvalue weighted by Gasteiger charge is -2.25. The Morgan fingerprint density at radius 1 is 1.10 bits per heavy atom. The van der Waals surface area contributed by atoms with Gasteiger partial charge in [0, 0.05) is 24.4 Å². The second kappa shape index (κ2) is 8.66. The highest BCUT2D eigenvalue weighted by molar-refractivity contribution is 5.98. The van der Waals surface area contributed by atoms with Crippen molar-refractivity contribution in [2.75, 3.05) is 25.6 Å². The molecule has 0 saturated carbocycles. The number of amides is 2. The van der Waals surface area contributed by atoms with Gasteiger partial charge in [0.25, 0.3) is 11.8 Å². The lowest BCUT2D eigenvalue weighted by atomic mass is 10.0. The minimum absolute atomic E-state index is 0.0171. The molecule has 0 radical (unpaired) electrons. The second-order valence-corrected chi connectivity index (χ2v) is 7.50. The Hall–Kier alpha value is -2.86. The van der Waals surface area contributed by atoms with E-state index in [1.54, 1.807) is 31.4 Å². The summed E-state index contributed by atoms with van der Waals surface area (Å²) in [5.41, 5.74) is 2.31. The molecular formula is C23H26N2O4. The van der Waals surface area contributed by atoms with Crippen molar-refractivity contribution in [3.63, 3.8) is 0 Å². The number of likely N-dealkylation sites (tertiary alicyclic amines) is 1. The third-order valence-corrected chi connectivity index (χ3v) is 5.61. The van der Waals surface area contributed by atoms with Crippen LogP contribution in [-0.4, -0.2) is 43.1 Å². The van der Waals surface area contributed by atoms with Crippen LogP contribution in [0.25, 0.3) is 0 Å². The fourth-order valence-electron chi connectivity index (χ4n) is 4.09. The van der Waals surface area contributed by atoms with Gasteiger partial charge in [0.1, 0.15) is 11.9 Å². The number of methoxy groups -OCH3 is 1. The maximum atomic E-state index is 13.2. The fraction of sp³-hybridized carbons (Fsp3) is 0.391. The van der Waals surface area contributed by atoms with E-state index in [0.29, 0.717) is 17.9 Å². The molecule has 152 valence electrons. The van der Waals surface area contributed by atoms with E-state index in [1.807, 2.05) is 29.2 Å². The Morgan fingerprint density at radius 2 is 1.93 bits per heavy atom. The normalized spacial score (nSPS) is 21.2. The first kappa shape index (κ1) is 19.5. The van der Waals surface area contributed by atoms with Crippen molar-refractivity contribution in [3.8, 4) is 5.75 Å². The smallest absolute Gasteiger partial charge is 0.254 e. The highest BCUT2D eigenvalue weighted by Crippen LogP contribution is 2.34. The van der Waals surface area contributed by atoms with Crippen molar-refractivity contribution < 1.29 is 19.1 Å². The minimum atomic E-state index is -0.396. The van der Waals surface area contributed by atoms with E-state index in [1.165, 1.54) is 0 Å². The molecule has 2 aliphatic heterocycles. The first-order valence-electron chi connectivity index (χ1n) is 10.1. The summed E-state index contributed by atoms with van der Waals surface area (Å²) in [5, 5.41) is 2.88. The highest BCUT2D eigenvalue weighted by atomic mass is 16.5. The van der Waals surface area contributed by atoms with Gasteiger partial charge in [0.15, 0.2) is 0 Å². The summed E-state index contributed by atoms with van der Waals surface area (Å²) < 4.78 is 10.7. The van der Waals surface area contributed by atoms with Crippen LogP contribution in [0.4, 0.5) is 5.69 Å². The average Bonchev–Trinajstić information content (AvgIpc) is 3.46. The number of nitrogens with zero attached hydrogens (tertiary/aromatic N) is 1. The van der Waals surface area contributed by atoms with Crippen LogP contribution >= 0.6 is 0 Å². The second-order valence-electron chi connectivity index (χ2n) is 7.50. The zero-order valence-corrected chi connectivity index (χ0v) is 16.6. The van der Waals surface area contributed by atoms with Gasteiger partial charge in [-0.3, -0.25) is 9.59 Å². The van der Waals surface area contributed by atoms with Gasteiger partial charge in [-0.25, -0.2) is 0 Å². The molecule has 2 fully saturated rings. The van der Waals surface area contributed by atoms with Crippen molar-refractivity contribution in [2.45, 2.75) is 37.8 Å². The first-order chi connectivity index (χ1) is 14.2. The molecule has 6 heteroatoms. The van der Waals surface area contributed by atoms with Crippen LogP contribution < -0.4 is 10.1 Å². The Bertz CT molecular complexity index is 875. The summed E-state index contributed by atoms with van der Waals surface area (Å²) in [7, 11) is 1.64. The van der Waals surface area contributed by atoms with Gasteiger partial charge in [-0.15, -0.1) is 0 Å². The summed E-state index contributed by atoms with van der Waals surface area (Å²) in [6.07, 6.45) is 3.15. The van der Waals surface area contributed by atoms with Crippen LogP contribution in [0.3, 0.4) is 0 Å². The van der Waals surface area contributed by atoms with Crippen molar-refractivity contribution in [1.29, 1.82) is 0 Å². The molecule has 2 aliphatic rings.